The van der Waals surface area contributed by atoms with E-state index in [-0.39, 0.29) is 0 Å². The average molecular weight is 319 g/mol. The van der Waals surface area contributed by atoms with Gasteiger partial charge in [-0.1, -0.05) is 6.07 Å². The van der Waals surface area contributed by atoms with Gasteiger partial charge in [0.15, 0.2) is 0 Å². The average Bonchev–Trinajstić information content (AvgIpc) is 3.18. The normalized spacial score (nSPS) is 11.1. The summed E-state index contributed by atoms with van der Waals surface area (Å²) >= 11 is 0. The number of hydrogen-bond acceptors (Lipinski definition) is 4. The van der Waals surface area contributed by atoms with E-state index in [9.17, 15) is 0 Å². The van der Waals surface area contributed by atoms with Crippen LogP contribution in [-0.2, 0) is 14.1 Å². The van der Waals surface area contributed by atoms with Crippen molar-refractivity contribution >= 4 is 11.0 Å². The molecule has 6 nitrogen and oxygen atoms in total. The van der Waals surface area contributed by atoms with Crippen LogP contribution in [0.15, 0.2) is 49.1 Å². The van der Waals surface area contributed by atoms with Crippen LogP contribution in [0.5, 0.6) is 5.75 Å². The van der Waals surface area contributed by atoms with Crippen LogP contribution in [0.2, 0.25) is 0 Å². The molecule has 0 bridgehead atoms. The molecule has 0 saturated heterocycles. The maximum Gasteiger partial charge on any atom is 0.142 e. The van der Waals surface area contributed by atoms with Crippen LogP contribution in [-0.4, -0.2) is 31.4 Å². The fourth-order valence-electron chi connectivity index (χ4n) is 2.86. The van der Waals surface area contributed by atoms with Crippen LogP contribution >= 0.6 is 0 Å². The number of fused-ring (bicyclic) bond motifs is 1. The third-order valence-corrected chi connectivity index (χ3v) is 4.13. The van der Waals surface area contributed by atoms with Crippen LogP contribution < -0.4 is 4.74 Å². The van der Waals surface area contributed by atoms with Crippen LogP contribution in [0.1, 0.15) is 0 Å². The molecule has 4 rings (SSSR count). The SMILES string of the molecule is COc1cncc(-c2nc3cc(-c4cnn(C)c4)ccc3n2C)c1. The van der Waals surface area contributed by atoms with Crippen LogP contribution in [0.4, 0.5) is 0 Å². The van der Waals surface area contributed by atoms with Crippen molar-refractivity contribution in [2.24, 2.45) is 14.1 Å². The molecule has 6 heteroatoms. The molecular formula is C18H17N5O. The first-order valence-corrected chi connectivity index (χ1v) is 7.60. The number of ether oxygens (including phenoxy) is 1. The largest absolute Gasteiger partial charge is 0.495 e. The van der Waals surface area contributed by atoms with Gasteiger partial charge in [0.1, 0.15) is 11.6 Å². The predicted octanol–water partition coefficient (Wildman–Crippen LogP) is 3.04. The highest BCUT2D eigenvalue weighted by Gasteiger charge is 2.12. The smallest absolute Gasteiger partial charge is 0.142 e. The van der Waals surface area contributed by atoms with Gasteiger partial charge >= 0.3 is 0 Å². The van der Waals surface area contributed by atoms with Crippen molar-refractivity contribution in [1.82, 2.24) is 24.3 Å². The zero-order valence-electron chi connectivity index (χ0n) is 13.8. The second-order valence-electron chi connectivity index (χ2n) is 5.71. The summed E-state index contributed by atoms with van der Waals surface area (Å²) < 4.78 is 9.13. The lowest BCUT2D eigenvalue weighted by atomic mass is 10.1. The van der Waals surface area contributed by atoms with Gasteiger partial charge in [0.25, 0.3) is 0 Å². The molecule has 0 aliphatic carbocycles. The molecule has 0 amide bonds. The zero-order chi connectivity index (χ0) is 16.7. The lowest BCUT2D eigenvalue weighted by molar-refractivity contribution is 0.413. The lowest BCUT2D eigenvalue weighted by Crippen LogP contribution is -1.94. The minimum Gasteiger partial charge on any atom is -0.495 e. The molecule has 120 valence electrons. The van der Waals surface area contributed by atoms with Crippen molar-refractivity contribution in [3.8, 4) is 28.3 Å². The number of aromatic nitrogens is 5. The first-order chi connectivity index (χ1) is 11.7. The van der Waals surface area contributed by atoms with Crippen molar-refractivity contribution in [2.45, 2.75) is 0 Å². The fourth-order valence-corrected chi connectivity index (χ4v) is 2.86. The van der Waals surface area contributed by atoms with Crippen LogP contribution in [0.25, 0.3) is 33.5 Å². The summed E-state index contributed by atoms with van der Waals surface area (Å²) in [6.45, 7) is 0. The standard InChI is InChI=1S/C18H17N5O/c1-22-11-14(9-20-22)12-4-5-17-16(7-12)21-18(23(17)2)13-6-15(24-3)10-19-8-13/h4-11H,1-3H3. The third-order valence-electron chi connectivity index (χ3n) is 4.13. The van der Waals surface area contributed by atoms with Crippen molar-refractivity contribution in [1.29, 1.82) is 0 Å². The van der Waals surface area contributed by atoms with Gasteiger partial charge in [0.2, 0.25) is 0 Å². The van der Waals surface area contributed by atoms with E-state index in [1.54, 1.807) is 24.2 Å². The van der Waals surface area contributed by atoms with Crippen molar-refractivity contribution in [2.75, 3.05) is 7.11 Å². The molecule has 0 atom stereocenters. The molecule has 3 heterocycles. The molecule has 0 saturated carbocycles. The number of methoxy groups -OCH3 is 1. The third kappa shape index (κ3) is 2.32. The Balaban J connectivity index is 1.84. The Morgan fingerprint density at radius 1 is 0.958 bits per heavy atom. The number of pyridine rings is 1. The highest BCUT2D eigenvalue weighted by molar-refractivity contribution is 5.85. The Bertz CT molecular complexity index is 1030. The number of hydrogen-bond donors (Lipinski definition) is 0. The number of benzene rings is 1. The van der Waals surface area contributed by atoms with Gasteiger partial charge in [-0.2, -0.15) is 5.10 Å². The van der Waals surface area contributed by atoms with E-state index in [0.29, 0.717) is 0 Å². The summed E-state index contributed by atoms with van der Waals surface area (Å²) in [6, 6.07) is 8.20. The minimum absolute atomic E-state index is 0.718. The minimum atomic E-state index is 0.718. The van der Waals surface area contributed by atoms with Gasteiger partial charge in [-0.15, -0.1) is 0 Å². The van der Waals surface area contributed by atoms with Gasteiger partial charge in [-0.05, 0) is 23.8 Å². The summed E-state index contributed by atoms with van der Waals surface area (Å²) in [5.74, 6) is 1.58. The van der Waals surface area contributed by atoms with E-state index in [0.717, 1.165) is 39.3 Å². The molecule has 0 aliphatic heterocycles. The van der Waals surface area contributed by atoms with Crippen LogP contribution in [0.3, 0.4) is 0 Å². The highest BCUT2D eigenvalue weighted by Crippen LogP contribution is 2.28. The summed E-state index contributed by atoms with van der Waals surface area (Å²) in [4.78, 5) is 9.01. The van der Waals surface area contributed by atoms with Crippen molar-refractivity contribution < 1.29 is 4.74 Å². The first-order valence-electron chi connectivity index (χ1n) is 7.60. The summed E-state index contributed by atoms with van der Waals surface area (Å²) in [5.41, 5.74) is 5.12. The lowest BCUT2D eigenvalue weighted by Gasteiger charge is -2.04. The van der Waals surface area contributed by atoms with Gasteiger partial charge < -0.3 is 9.30 Å². The zero-order valence-corrected chi connectivity index (χ0v) is 13.8. The van der Waals surface area contributed by atoms with E-state index in [4.69, 9.17) is 9.72 Å². The molecular weight excluding hydrogens is 302 g/mol. The first kappa shape index (κ1) is 14.4. The number of aryl methyl sites for hydroxylation is 2. The maximum atomic E-state index is 5.26. The van der Waals surface area contributed by atoms with Crippen LogP contribution in [0, 0.1) is 0 Å². The monoisotopic (exact) mass is 319 g/mol. The van der Waals surface area contributed by atoms with E-state index >= 15 is 0 Å². The molecule has 0 N–H and O–H groups in total. The topological polar surface area (TPSA) is 57.8 Å². The second kappa shape index (κ2) is 5.49. The summed E-state index contributed by atoms with van der Waals surface area (Å²) in [7, 11) is 5.56. The molecule has 0 unspecified atom stereocenters. The van der Waals surface area contributed by atoms with Gasteiger partial charge in [-0.3, -0.25) is 9.67 Å². The Hall–Kier alpha value is -3.15. The Labute approximate surface area is 139 Å². The van der Waals surface area contributed by atoms with Gasteiger partial charge in [-0.25, -0.2) is 4.98 Å². The molecule has 3 aromatic heterocycles. The molecule has 24 heavy (non-hydrogen) atoms. The molecule has 0 aliphatic rings. The molecule has 0 spiro atoms. The van der Waals surface area contributed by atoms with E-state index < -0.39 is 0 Å². The van der Waals surface area contributed by atoms with E-state index in [1.165, 1.54) is 0 Å². The molecule has 0 fully saturated rings. The van der Waals surface area contributed by atoms with Gasteiger partial charge in [0, 0.05) is 37.6 Å². The fraction of sp³-hybridized carbons (Fsp3) is 0.167. The van der Waals surface area contributed by atoms with Crippen molar-refractivity contribution in [3.63, 3.8) is 0 Å². The van der Waals surface area contributed by atoms with Crippen molar-refractivity contribution in [3.05, 3.63) is 49.1 Å². The molecule has 1 aromatic carbocycles. The van der Waals surface area contributed by atoms with Gasteiger partial charge in [0.05, 0.1) is 30.5 Å². The Morgan fingerprint density at radius 2 is 1.83 bits per heavy atom. The Morgan fingerprint density at radius 3 is 2.58 bits per heavy atom. The Kier molecular flexibility index (Phi) is 3.30. The maximum absolute atomic E-state index is 5.26. The molecule has 0 radical (unpaired) electrons. The second-order valence-corrected chi connectivity index (χ2v) is 5.71. The molecule has 4 aromatic rings. The van der Waals surface area contributed by atoms with E-state index in [2.05, 4.69) is 32.8 Å². The quantitative estimate of drug-likeness (QED) is 0.582. The highest BCUT2D eigenvalue weighted by atomic mass is 16.5. The van der Waals surface area contributed by atoms with E-state index in [1.807, 2.05) is 32.6 Å². The number of imidazole rings is 1. The summed E-state index contributed by atoms with van der Waals surface area (Å²) in [6.07, 6.45) is 7.34. The number of nitrogens with zero attached hydrogens (tertiary/aromatic N) is 5. The number of rotatable bonds is 3. The summed E-state index contributed by atoms with van der Waals surface area (Å²) in [5, 5.41) is 4.23. The predicted molar refractivity (Wildman–Crippen MR) is 92.7 cm³/mol.